The molecule has 5 nitrogen and oxygen atoms in total. The van der Waals surface area contributed by atoms with Crippen LogP contribution in [-0.4, -0.2) is 48.6 Å². The summed E-state index contributed by atoms with van der Waals surface area (Å²) >= 11 is 0. The van der Waals surface area contributed by atoms with E-state index in [2.05, 4.69) is 4.74 Å². The minimum atomic E-state index is -4.78. The zero-order valence-corrected chi connectivity index (χ0v) is 12.4. The second-order valence-electron chi connectivity index (χ2n) is 5.44. The number of benzene rings is 1. The zero-order valence-electron chi connectivity index (χ0n) is 12.4. The van der Waals surface area contributed by atoms with E-state index >= 15 is 0 Å². The molecule has 1 aromatic carbocycles. The van der Waals surface area contributed by atoms with Gasteiger partial charge in [-0.15, -0.1) is 13.2 Å². The first kappa shape index (κ1) is 17.4. The van der Waals surface area contributed by atoms with Gasteiger partial charge in [0.15, 0.2) is 11.5 Å². The van der Waals surface area contributed by atoms with Crippen LogP contribution in [0.3, 0.4) is 0 Å². The van der Waals surface area contributed by atoms with E-state index in [0.717, 1.165) is 12.8 Å². The van der Waals surface area contributed by atoms with Gasteiger partial charge in [-0.05, 0) is 31.5 Å². The fourth-order valence-corrected chi connectivity index (χ4v) is 2.61. The SMILES string of the molecule is O=C(O)CN1CCCC(COc2ccccc2OC(F)(F)F)C1. The summed E-state index contributed by atoms with van der Waals surface area (Å²) in [6.07, 6.45) is -3.09. The standard InChI is InChI=1S/C15H18F3NO4/c16-15(17,18)23-13-6-2-1-5-12(13)22-10-11-4-3-7-19(8-11)9-14(20)21/h1-2,5-6,11H,3-4,7-10H2,(H,20,21). The molecule has 1 heterocycles. The molecule has 2 rings (SSSR count). The van der Waals surface area contributed by atoms with E-state index in [-0.39, 0.29) is 30.6 Å². The topological polar surface area (TPSA) is 59.0 Å². The minimum absolute atomic E-state index is 0.0279. The van der Waals surface area contributed by atoms with Gasteiger partial charge in [-0.25, -0.2) is 0 Å². The average molecular weight is 333 g/mol. The van der Waals surface area contributed by atoms with E-state index in [4.69, 9.17) is 9.84 Å². The Kier molecular flexibility index (Phi) is 5.70. The van der Waals surface area contributed by atoms with E-state index in [1.54, 1.807) is 11.0 Å². The first-order chi connectivity index (χ1) is 10.8. The number of aliphatic carboxylic acids is 1. The Morgan fingerprint density at radius 1 is 1.30 bits per heavy atom. The molecule has 0 radical (unpaired) electrons. The Morgan fingerprint density at radius 3 is 2.65 bits per heavy atom. The van der Waals surface area contributed by atoms with E-state index in [9.17, 15) is 18.0 Å². The van der Waals surface area contributed by atoms with Crippen LogP contribution in [0.4, 0.5) is 13.2 Å². The van der Waals surface area contributed by atoms with Crippen LogP contribution >= 0.6 is 0 Å². The third-order valence-corrected chi connectivity index (χ3v) is 3.51. The molecule has 1 unspecified atom stereocenters. The number of piperidine rings is 1. The van der Waals surface area contributed by atoms with Crippen LogP contribution in [0.2, 0.25) is 0 Å². The maximum atomic E-state index is 12.3. The number of para-hydroxylation sites is 2. The maximum Gasteiger partial charge on any atom is 0.573 e. The third kappa shape index (κ3) is 5.97. The van der Waals surface area contributed by atoms with Crippen LogP contribution in [0.1, 0.15) is 12.8 Å². The first-order valence-corrected chi connectivity index (χ1v) is 7.25. The van der Waals surface area contributed by atoms with Gasteiger partial charge in [-0.3, -0.25) is 9.69 Å². The van der Waals surface area contributed by atoms with Gasteiger partial charge in [0.2, 0.25) is 0 Å². The van der Waals surface area contributed by atoms with Gasteiger partial charge in [-0.2, -0.15) is 0 Å². The van der Waals surface area contributed by atoms with Gasteiger partial charge < -0.3 is 14.6 Å². The molecule has 1 atom stereocenters. The Morgan fingerprint density at radius 2 is 2.00 bits per heavy atom. The second-order valence-corrected chi connectivity index (χ2v) is 5.44. The molecule has 1 aromatic rings. The predicted octanol–water partition coefficient (Wildman–Crippen LogP) is 2.76. The Balaban J connectivity index is 1.91. The molecule has 0 spiro atoms. The van der Waals surface area contributed by atoms with Gasteiger partial charge >= 0.3 is 12.3 Å². The number of rotatable bonds is 6. The van der Waals surface area contributed by atoms with E-state index in [1.165, 1.54) is 18.2 Å². The van der Waals surface area contributed by atoms with Crippen molar-refractivity contribution in [1.82, 2.24) is 4.90 Å². The minimum Gasteiger partial charge on any atom is -0.489 e. The van der Waals surface area contributed by atoms with Crippen LogP contribution < -0.4 is 9.47 Å². The zero-order chi connectivity index (χ0) is 16.9. The summed E-state index contributed by atoms with van der Waals surface area (Å²) < 4.78 is 46.5. The lowest BCUT2D eigenvalue weighted by Crippen LogP contribution is -2.40. The number of carbonyl (C=O) groups is 1. The molecular formula is C15H18F3NO4. The van der Waals surface area contributed by atoms with Crippen molar-refractivity contribution >= 4 is 5.97 Å². The van der Waals surface area contributed by atoms with Gasteiger partial charge in [0.05, 0.1) is 13.2 Å². The molecule has 23 heavy (non-hydrogen) atoms. The molecule has 0 bridgehead atoms. The summed E-state index contributed by atoms with van der Waals surface area (Å²) in [6, 6.07) is 5.61. The molecule has 1 saturated heterocycles. The summed E-state index contributed by atoms with van der Waals surface area (Å²) in [6.45, 7) is 1.43. The van der Waals surface area contributed by atoms with E-state index < -0.39 is 12.3 Å². The lowest BCUT2D eigenvalue weighted by atomic mass is 9.99. The smallest absolute Gasteiger partial charge is 0.489 e. The fraction of sp³-hybridized carbons (Fsp3) is 0.533. The molecule has 0 amide bonds. The van der Waals surface area contributed by atoms with E-state index in [1.807, 2.05) is 0 Å². The van der Waals surface area contributed by atoms with Crippen molar-refractivity contribution in [2.24, 2.45) is 5.92 Å². The predicted molar refractivity (Wildman–Crippen MR) is 75.4 cm³/mol. The Bertz CT molecular complexity index is 536. The monoisotopic (exact) mass is 333 g/mol. The van der Waals surface area contributed by atoms with Crippen LogP contribution in [0.25, 0.3) is 0 Å². The molecule has 1 N–H and O–H groups in total. The summed E-state index contributed by atoms with van der Waals surface area (Å²) in [4.78, 5) is 12.5. The Labute approximate surface area is 131 Å². The number of likely N-dealkylation sites (tertiary alicyclic amines) is 1. The number of alkyl halides is 3. The highest BCUT2D eigenvalue weighted by Crippen LogP contribution is 2.32. The molecule has 1 aliphatic rings. The summed E-state index contributed by atoms with van der Waals surface area (Å²) in [5.74, 6) is -1.17. The molecule has 1 fully saturated rings. The van der Waals surface area contributed by atoms with E-state index in [0.29, 0.717) is 13.1 Å². The molecule has 8 heteroatoms. The summed E-state index contributed by atoms with van der Waals surface area (Å²) in [7, 11) is 0. The average Bonchev–Trinajstić information content (AvgIpc) is 2.44. The first-order valence-electron chi connectivity index (χ1n) is 7.25. The second kappa shape index (κ2) is 7.54. The van der Waals surface area contributed by atoms with Gasteiger partial charge in [0, 0.05) is 12.5 Å². The van der Waals surface area contributed by atoms with Crippen molar-refractivity contribution in [1.29, 1.82) is 0 Å². The highest BCUT2D eigenvalue weighted by molar-refractivity contribution is 5.69. The number of ether oxygens (including phenoxy) is 2. The van der Waals surface area contributed by atoms with Crippen LogP contribution in [0.5, 0.6) is 11.5 Å². The van der Waals surface area contributed by atoms with Gasteiger partial charge in [0.1, 0.15) is 0 Å². The number of carboxylic acids is 1. The highest BCUT2D eigenvalue weighted by atomic mass is 19.4. The third-order valence-electron chi connectivity index (χ3n) is 3.51. The quantitative estimate of drug-likeness (QED) is 0.867. The van der Waals surface area contributed by atoms with Crippen LogP contribution in [0.15, 0.2) is 24.3 Å². The van der Waals surface area contributed by atoms with Crippen LogP contribution in [0, 0.1) is 5.92 Å². The molecule has 1 aliphatic heterocycles. The van der Waals surface area contributed by atoms with Crippen molar-refractivity contribution in [3.05, 3.63) is 24.3 Å². The highest BCUT2D eigenvalue weighted by Gasteiger charge is 2.32. The molecule has 0 aliphatic carbocycles. The normalized spacial score (nSPS) is 19.3. The molecular weight excluding hydrogens is 315 g/mol. The fourth-order valence-electron chi connectivity index (χ4n) is 2.61. The number of hydrogen-bond acceptors (Lipinski definition) is 4. The Hall–Kier alpha value is -1.96. The van der Waals surface area contributed by atoms with Crippen molar-refractivity contribution in [2.45, 2.75) is 19.2 Å². The van der Waals surface area contributed by atoms with Crippen molar-refractivity contribution in [3.8, 4) is 11.5 Å². The largest absolute Gasteiger partial charge is 0.573 e. The molecule has 128 valence electrons. The van der Waals surface area contributed by atoms with Gasteiger partial charge in [-0.1, -0.05) is 12.1 Å². The van der Waals surface area contributed by atoms with Crippen molar-refractivity contribution < 1.29 is 32.5 Å². The summed E-state index contributed by atoms with van der Waals surface area (Å²) in [5.41, 5.74) is 0. The summed E-state index contributed by atoms with van der Waals surface area (Å²) in [5, 5.41) is 8.81. The molecule has 0 aromatic heterocycles. The lowest BCUT2D eigenvalue weighted by molar-refractivity contribution is -0.275. The van der Waals surface area contributed by atoms with Crippen LogP contribution in [-0.2, 0) is 4.79 Å². The molecule has 0 saturated carbocycles. The van der Waals surface area contributed by atoms with Crippen molar-refractivity contribution in [2.75, 3.05) is 26.2 Å². The number of halogens is 3. The lowest BCUT2D eigenvalue weighted by Gasteiger charge is -2.31. The van der Waals surface area contributed by atoms with Gasteiger partial charge in [0.25, 0.3) is 0 Å². The maximum absolute atomic E-state index is 12.3. The number of carboxylic acid groups (broad SMARTS) is 1. The number of nitrogens with zero attached hydrogens (tertiary/aromatic N) is 1. The number of hydrogen-bond donors (Lipinski definition) is 1. The van der Waals surface area contributed by atoms with Crippen molar-refractivity contribution in [3.63, 3.8) is 0 Å².